The van der Waals surface area contributed by atoms with Crippen LogP contribution in [0.2, 0.25) is 0 Å². The first kappa shape index (κ1) is 41.2. The first-order valence-corrected chi connectivity index (χ1v) is 18.6. The molecule has 3 rings (SSSR count). The van der Waals surface area contributed by atoms with E-state index in [-0.39, 0.29) is 25.7 Å². The number of carbonyl (C=O) groups is 2. The van der Waals surface area contributed by atoms with Gasteiger partial charge >= 0.3 is 11.9 Å². The van der Waals surface area contributed by atoms with Crippen molar-refractivity contribution in [2.45, 2.75) is 98.3 Å². The summed E-state index contributed by atoms with van der Waals surface area (Å²) in [5.41, 5.74) is 9.86. The summed E-state index contributed by atoms with van der Waals surface area (Å²) in [6, 6.07) is 19.9. The minimum Gasteiger partial charge on any atom is -0.493 e. The molecule has 0 heterocycles. The number of rotatable bonds is 23. The summed E-state index contributed by atoms with van der Waals surface area (Å²) < 4.78 is 11.9. The highest BCUT2D eigenvalue weighted by atomic mass is 16.5. The van der Waals surface area contributed by atoms with E-state index in [1.165, 1.54) is 41.5 Å². The Morgan fingerprint density at radius 3 is 2.04 bits per heavy atom. The van der Waals surface area contributed by atoms with E-state index in [1.54, 1.807) is 19.9 Å². The van der Waals surface area contributed by atoms with Gasteiger partial charge in [-0.3, -0.25) is 0 Å². The smallest absolute Gasteiger partial charge is 0.333 e. The number of aryl methyl sites for hydroxylation is 4. The van der Waals surface area contributed by atoms with Gasteiger partial charge < -0.3 is 24.8 Å². The summed E-state index contributed by atoms with van der Waals surface area (Å²) in [5, 5.41) is 28.6. The zero-order valence-electron chi connectivity index (χ0n) is 31.1. The summed E-state index contributed by atoms with van der Waals surface area (Å²) in [4.78, 5) is 23.4. The molecule has 0 amide bonds. The summed E-state index contributed by atoms with van der Waals surface area (Å²) in [7, 11) is 0. The van der Waals surface area contributed by atoms with Crippen molar-refractivity contribution in [3.05, 3.63) is 101 Å². The minimum absolute atomic E-state index is 0.124. The van der Waals surface area contributed by atoms with Gasteiger partial charge in [0.15, 0.2) is 0 Å². The summed E-state index contributed by atoms with van der Waals surface area (Å²) >= 11 is 0. The Labute approximate surface area is 305 Å². The summed E-state index contributed by atoms with van der Waals surface area (Å²) in [6.07, 6.45) is 11.1. The van der Waals surface area contributed by atoms with Crippen molar-refractivity contribution < 1.29 is 34.4 Å². The third-order valence-electron chi connectivity index (χ3n) is 9.30. The van der Waals surface area contributed by atoms with Crippen LogP contribution in [0.15, 0.2) is 78.4 Å². The number of esters is 1. The van der Waals surface area contributed by atoms with E-state index in [4.69, 9.17) is 9.47 Å². The van der Waals surface area contributed by atoms with Gasteiger partial charge in [-0.15, -0.1) is 0 Å². The molecule has 0 aliphatic heterocycles. The number of hydrogen-bond donors (Lipinski definition) is 3. The number of ether oxygens (including phenoxy) is 2. The van der Waals surface area contributed by atoms with Crippen molar-refractivity contribution in [3.63, 3.8) is 0 Å². The van der Waals surface area contributed by atoms with Crippen molar-refractivity contribution in [1.82, 2.24) is 0 Å². The van der Waals surface area contributed by atoms with Crippen LogP contribution in [0, 0.1) is 5.92 Å². The summed E-state index contributed by atoms with van der Waals surface area (Å²) in [6.45, 7) is 11.6. The van der Waals surface area contributed by atoms with E-state index < -0.39 is 11.9 Å². The largest absolute Gasteiger partial charge is 0.493 e. The van der Waals surface area contributed by atoms with Crippen LogP contribution in [0.25, 0.3) is 22.3 Å². The molecule has 0 unspecified atom stereocenters. The molecule has 0 saturated heterocycles. The molecule has 0 spiro atoms. The van der Waals surface area contributed by atoms with E-state index in [0.29, 0.717) is 49.9 Å². The fourth-order valence-electron chi connectivity index (χ4n) is 6.07. The fourth-order valence-corrected chi connectivity index (χ4v) is 6.07. The van der Waals surface area contributed by atoms with Crippen LogP contribution in [-0.2, 0) is 40.0 Å². The number of hydrogen-bond acceptors (Lipinski definition) is 6. The normalized spacial score (nSPS) is 11.5. The third-order valence-corrected chi connectivity index (χ3v) is 9.30. The van der Waals surface area contributed by atoms with Crippen molar-refractivity contribution in [3.8, 4) is 28.0 Å². The number of unbranched alkanes of at least 4 members (excludes halogenated alkanes) is 3. The van der Waals surface area contributed by atoms with Crippen LogP contribution >= 0.6 is 0 Å². The maximum Gasteiger partial charge on any atom is 0.333 e. The second-order valence-corrected chi connectivity index (χ2v) is 13.5. The lowest BCUT2D eigenvalue weighted by atomic mass is 9.89. The number of carboxylic acids is 1. The van der Waals surface area contributed by atoms with E-state index in [1.807, 2.05) is 0 Å². The molecule has 3 aromatic rings. The Balaban J connectivity index is 2.02. The van der Waals surface area contributed by atoms with Crippen molar-refractivity contribution in [2.24, 2.45) is 5.92 Å². The molecule has 0 aromatic heterocycles. The quantitative estimate of drug-likeness (QED) is 0.0514. The first-order chi connectivity index (χ1) is 24.6. The number of aliphatic hydroxyl groups is 2. The Morgan fingerprint density at radius 1 is 0.784 bits per heavy atom. The van der Waals surface area contributed by atoms with Gasteiger partial charge in [0, 0.05) is 30.3 Å². The van der Waals surface area contributed by atoms with Crippen LogP contribution in [0.3, 0.4) is 0 Å². The van der Waals surface area contributed by atoms with Gasteiger partial charge in [0.1, 0.15) is 5.75 Å². The van der Waals surface area contributed by atoms with Crippen LogP contribution in [0.1, 0.15) is 94.9 Å². The van der Waals surface area contributed by atoms with Crippen LogP contribution in [0.4, 0.5) is 0 Å². The van der Waals surface area contributed by atoms with Gasteiger partial charge in [-0.25, -0.2) is 9.59 Å². The average molecular weight is 699 g/mol. The Hall–Kier alpha value is -4.20. The summed E-state index contributed by atoms with van der Waals surface area (Å²) in [5.74, 6) is -0.850. The minimum atomic E-state index is -0.920. The molecule has 7 nitrogen and oxygen atoms in total. The zero-order chi connectivity index (χ0) is 37.2. The number of aliphatic carboxylic acids is 1. The average Bonchev–Trinajstić information content (AvgIpc) is 3.13. The maximum absolute atomic E-state index is 12.1. The van der Waals surface area contributed by atoms with E-state index in [9.17, 15) is 24.9 Å². The molecule has 0 bridgehead atoms. The van der Waals surface area contributed by atoms with Gasteiger partial charge in [0.05, 0.1) is 13.2 Å². The Kier molecular flexibility index (Phi) is 17.7. The van der Waals surface area contributed by atoms with E-state index >= 15 is 0 Å². The molecule has 276 valence electrons. The molecule has 0 atom stereocenters. The van der Waals surface area contributed by atoms with E-state index in [0.717, 1.165) is 47.3 Å². The maximum atomic E-state index is 12.1. The van der Waals surface area contributed by atoms with E-state index in [2.05, 4.69) is 75.0 Å². The number of allylic oxidation sites excluding steroid dienone is 1. The van der Waals surface area contributed by atoms with Crippen molar-refractivity contribution >= 4 is 11.9 Å². The number of carboxylic acid groups (broad SMARTS) is 1. The van der Waals surface area contributed by atoms with Gasteiger partial charge in [-0.05, 0) is 128 Å². The molecular weight excluding hydrogens is 640 g/mol. The van der Waals surface area contributed by atoms with Gasteiger partial charge in [0.25, 0.3) is 0 Å². The van der Waals surface area contributed by atoms with Crippen molar-refractivity contribution in [1.29, 1.82) is 0 Å². The zero-order valence-corrected chi connectivity index (χ0v) is 31.1. The number of carbonyl (C=O) groups excluding carboxylic acids is 1. The lowest BCUT2D eigenvalue weighted by Crippen LogP contribution is -2.16. The molecule has 0 aliphatic rings. The second-order valence-electron chi connectivity index (χ2n) is 13.5. The number of benzene rings is 3. The molecule has 7 heteroatoms. The molecule has 0 saturated carbocycles. The third kappa shape index (κ3) is 13.1. The topological polar surface area (TPSA) is 113 Å². The lowest BCUT2D eigenvalue weighted by Gasteiger charge is -2.21. The Morgan fingerprint density at radius 2 is 1.43 bits per heavy atom. The van der Waals surface area contributed by atoms with Crippen LogP contribution < -0.4 is 4.74 Å². The standard InChI is InChI=1S/C44H58O7/c1-6-8-9-14-33-17-19-36(20-18-33)37-21-22-41(35(7-2)26-37)40-27-38(15-11-10-13-32(5)43(47)48)42(50-25-23-34(29-45)30-46)39(28-40)16-12-24-51-44(49)31(3)4/h13,17-22,26-28,34,45-46H,3,6-12,14-16,23-25,29-30H2,1-2,4-5H3,(H,47,48). The second kappa shape index (κ2) is 21.9. The fraction of sp³-hybridized carbons (Fsp3) is 0.455. The highest BCUT2D eigenvalue weighted by molar-refractivity contribution is 5.87. The number of aliphatic hydroxyl groups excluding tert-OH is 2. The van der Waals surface area contributed by atoms with Gasteiger partial charge in [-0.1, -0.05) is 81.8 Å². The molecule has 0 radical (unpaired) electrons. The SMILES string of the molecule is C=C(C)C(=O)OCCCc1cc(-c2ccc(-c3ccc(CCCCC)cc3)cc2CC)cc(CCCC=C(C)C(=O)O)c1OCCC(CO)CO. The molecule has 0 fully saturated rings. The first-order valence-electron chi connectivity index (χ1n) is 18.6. The highest BCUT2D eigenvalue weighted by Gasteiger charge is 2.17. The van der Waals surface area contributed by atoms with Gasteiger partial charge in [-0.2, -0.15) is 0 Å². The Bertz CT molecular complexity index is 1600. The highest BCUT2D eigenvalue weighted by Crippen LogP contribution is 2.36. The van der Waals surface area contributed by atoms with Gasteiger partial charge in [0.2, 0.25) is 0 Å². The van der Waals surface area contributed by atoms with Crippen LogP contribution in [0.5, 0.6) is 5.75 Å². The molecule has 3 aromatic carbocycles. The predicted octanol–water partition coefficient (Wildman–Crippen LogP) is 9.09. The molecular formula is C44H58O7. The molecule has 3 N–H and O–H groups in total. The molecule has 51 heavy (non-hydrogen) atoms. The molecule has 0 aliphatic carbocycles. The van der Waals surface area contributed by atoms with Crippen molar-refractivity contribution in [2.75, 3.05) is 26.4 Å². The van der Waals surface area contributed by atoms with Crippen LogP contribution in [-0.4, -0.2) is 53.7 Å². The lowest BCUT2D eigenvalue weighted by molar-refractivity contribution is -0.139. The predicted molar refractivity (Wildman–Crippen MR) is 206 cm³/mol. The monoisotopic (exact) mass is 698 g/mol.